The van der Waals surface area contributed by atoms with E-state index in [2.05, 4.69) is 63.4 Å². The van der Waals surface area contributed by atoms with Gasteiger partial charge in [-0.05, 0) is 118 Å². The number of hydrogen-bond donors (Lipinski definition) is 2. The van der Waals surface area contributed by atoms with Gasteiger partial charge in [-0.15, -0.1) is 6.58 Å². The molecule has 2 aromatic rings. The second-order valence-electron chi connectivity index (χ2n) is 17.7. The molecule has 1 aliphatic heterocycles. The fraction of sp³-hybridized carbons (Fsp3) is 0.654. The predicted molar refractivity (Wildman–Crippen MR) is 246 cm³/mol. The first-order valence-electron chi connectivity index (χ1n) is 24.0. The summed E-state index contributed by atoms with van der Waals surface area (Å²) >= 11 is 0. The van der Waals surface area contributed by atoms with Crippen LogP contribution < -0.4 is 9.47 Å². The van der Waals surface area contributed by atoms with Gasteiger partial charge in [0, 0.05) is 44.1 Å². The number of hydrogen-bond acceptors (Lipinski definition) is 8. The zero-order valence-electron chi connectivity index (χ0n) is 38.3. The molecule has 2 aromatic carbocycles. The number of benzene rings is 2. The van der Waals surface area contributed by atoms with Crippen molar-refractivity contribution in [3.63, 3.8) is 0 Å². The van der Waals surface area contributed by atoms with Gasteiger partial charge in [0.25, 0.3) is 0 Å². The summed E-state index contributed by atoms with van der Waals surface area (Å²) in [7, 11) is 0. The van der Waals surface area contributed by atoms with E-state index < -0.39 is 11.8 Å². The van der Waals surface area contributed by atoms with Crippen molar-refractivity contribution in [2.24, 2.45) is 22.9 Å². The molecule has 1 amide bonds. The lowest BCUT2D eigenvalue weighted by molar-refractivity contribution is -0.257. The Kier molecular flexibility index (Phi) is 19.7. The molecule has 6 unspecified atom stereocenters. The third kappa shape index (κ3) is 12.3. The average molecular weight is 843 g/mol. The number of carbonyl (C=O) groups excluding carboxylic acids is 1. The van der Waals surface area contributed by atoms with Crippen LogP contribution >= 0.6 is 0 Å². The Balaban J connectivity index is 1.63. The van der Waals surface area contributed by atoms with E-state index in [9.17, 15) is 15.0 Å². The first-order chi connectivity index (χ1) is 29.8. The summed E-state index contributed by atoms with van der Waals surface area (Å²) in [6, 6.07) is 11.9. The fourth-order valence-corrected chi connectivity index (χ4v) is 10.2. The molecule has 9 nitrogen and oxygen atoms in total. The topological polar surface area (TPSA) is 110 Å². The monoisotopic (exact) mass is 843 g/mol. The highest BCUT2D eigenvalue weighted by atomic mass is 16.7. The maximum Gasteiger partial charge on any atom is 0.239 e. The first-order valence-corrected chi connectivity index (χ1v) is 24.0. The molecular formula is C52H78N2O7. The number of nitrogens with zero attached hydrogens (tertiary/aromatic N) is 2. The molecule has 5 rings (SSSR count). The normalized spacial score (nSPS) is 23.4. The summed E-state index contributed by atoms with van der Waals surface area (Å²) in [6.07, 6.45) is 21.6. The number of unbranched alkanes of at least 4 members (excludes halogenated alkanes) is 10. The molecule has 2 aliphatic carbocycles. The summed E-state index contributed by atoms with van der Waals surface area (Å²) in [5.41, 5.74) is 5.32. The van der Waals surface area contributed by atoms with Gasteiger partial charge in [-0.1, -0.05) is 101 Å². The molecular weight excluding hydrogens is 765 g/mol. The van der Waals surface area contributed by atoms with E-state index in [1.54, 1.807) is 6.08 Å². The molecule has 1 heterocycles. The Labute approximate surface area is 368 Å². The maximum absolute atomic E-state index is 14.7. The number of amides is 1. The highest BCUT2D eigenvalue weighted by Crippen LogP contribution is 2.62. The van der Waals surface area contributed by atoms with Gasteiger partial charge in [0.15, 0.2) is 0 Å². The van der Waals surface area contributed by atoms with Crippen LogP contribution in [0.25, 0.3) is 0 Å². The van der Waals surface area contributed by atoms with E-state index in [0.29, 0.717) is 32.4 Å². The Hall–Kier alpha value is -3.66. The largest absolute Gasteiger partial charge is 0.459 e. The second kappa shape index (κ2) is 24.8. The molecule has 0 aromatic heterocycles. The number of rotatable bonds is 28. The lowest BCUT2D eigenvalue weighted by Gasteiger charge is -2.60. The zero-order chi connectivity index (χ0) is 43.6. The maximum atomic E-state index is 14.7. The summed E-state index contributed by atoms with van der Waals surface area (Å²) in [5, 5.41) is 24.7. The van der Waals surface area contributed by atoms with E-state index in [0.717, 1.165) is 97.4 Å². The number of aryl methyl sites for hydroxylation is 2. The van der Waals surface area contributed by atoms with E-state index in [1.807, 2.05) is 25.1 Å². The van der Waals surface area contributed by atoms with Crippen LogP contribution in [0.5, 0.6) is 17.2 Å². The van der Waals surface area contributed by atoms with Crippen molar-refractivity contribution in [2.45, 2.75) is 168 Å². The van der Waals surface area contributed by atoms with Crippen LogP contribution in [0, 0.1) is 31.6 Å². The highest BCUT2D eigenvalue weighted by molar-refractivity contribution is 6.03. The highest BCUT2D eigenvalue weighted by Gasteiger charge is 2.65. The van der Waals surface area contributed by atoms with Gasteiger partial charge in [0.05, 0.1) is 18.2 Å². The molecule has 1 fully saturated rings. The minimum absolute atomic E-state index is 0.0970. The number of carbonyl (C=O) groups is 1. The summed E-state index contributed by atoms with van der Waals surface area (Å²) in [6.45, 7) is 16.1. The number of fused-ring (bicyclic) bond motifs is 2. The van der Waals surface area contributed by atoms with Crippen LogP contribution in [0.4, 0.5) is 0 Å². The summed E-state index contributed by atoms with van der Waals surface area (Å²) < 4.78 is 21.2. The lowest BCUT2D eigenvalue weighted by Crippen LogP contribution is -2.70. The van der Waals surface area contributed by atoms with Crippen molar-refractivity contribution in [1.29, 1.82) is 0 Å². The minimum atomic E-state index is -1.24. The van der Waals surface area contributed by atoms with Crippen molar-refractivity contribution in [3.05, 3.63) is 77.4 Å². The van der Waals surface area contributed by atoms with Gasteiger partial charge in [-0.2, -0.15) is 0 Å². The third-order valence-electron chi connectivity index (χ3n) is 13.3. The second-order valence-corrected chi connectivity index (χ2v) is 17.7. The number of aliphatic hydroxyl groups excluding tert-OH is 2. The lowest BCUT2D eigenvalue weighted by atomic mass is 9.55. The minimum Gasteiger partial charge on any atom is -0.459 e. The predicted octanol–water partition coefficient (Wildman–Crippen LogP) is 11.9. The quantitative estimate of drug-likeness (QED) is 0.0499. The van der Waals surface area contributed by atoms with E-state index in [4.69, 9.17) is 24.2 Å². The smallest absolute Gasteiger partial charge is 0.239 e. The Bertz CT molecular complexity index is 1740. The molecule has 61 heavy (non-hydrogen) atoms. The first kappa shape index (κ1) is 48.4. The zero-order valence-corrected chi connectivity index (χ0v) is 38.3. The van der Waals surface area contributed by atoms with Crippen molar-refractivity contribution < 1.29 is 34.1 Å². The molecule has 0 spiro atoms. The third-order valence-corrected chi connectivity index (χ3v) is 13.3. The Morgan fingerprint density at radius 1 is 0.869 bits per heavy atom. The van der Waals surface area contributed by atoms with E-state index in [1.165, 1.54) is 44.1 Å². The van der Waals surface area contributed by atoms with Crippen LogP contribution in [0.3, 0.4) is 0 Å². The Morgan fingerprint density at radius 3 is 2.23 bits per heavy atom. The van der Waals surface area contributed by atoms with Gasteiger partial charge < -0.3 is 34.2 Å². The molecule has 0 radical (unpaired) electrons. The van der Waals surface area contributed by atoms with Gasteiger partial charge in [0.2, 0.25) is 11.7 Å². The molecule has 0 saturated heterocycles. The van der Waals surface area contributed by atoms with Crippen molar-refractivity contribution in [1.82, 2.24) is 4.90 Å². The van der Waals surface area contributed by atoms with E-state index >= 15 is 0 Å². The average Bonchev–Trinajstić information content (AvgIpc) is 3.26. The molecule has 2 N–H and O–H groups in total. The van der Waals surface area contributed by atoms with Gasteiger partial charge in [-0.25, -0.2) is 0 Å². The van der Waals surface area contributed by atoms with Crippen LogP contribution in [-0.4, -0.2) is 71.5 Å². The molecule has 338 valence electrons. The molecule has 1 saturated carbocycles. The van der Waals surface area contributed by atoms with E-state index in [-0.39, 0.29) is 49.4 Å². The number of aliphatic hydroxyl groups is 2. The van der Waals surface area contributed by atoms with Gasteiger partial charge in [0.1, 0.15) is 29.9 Å². The van der Waals surface area contributed by atoms with Gasteiger partial charge >= 0.3 is 0 Å². The molecule has 9 heteroatoms. The van der Waals surface area contributed by atoms with Crippen molar-refractivity contribution in [3.8, 4) is 17.2 Å². The van der Waals surface area contributed by atoms with Crippen molar-refractivity contribution >= 4 is 11.6 Å². The Morgan fingerprint density at radius 2 is 1.56 bits per heavy atom. The van der Waals surface area contributed by atoms with Crippen LogP contribution in [-0.2, 0) is 14.4 Å². The molecule has 0 bridgehead atoms. The van der Waals surface area contributed by atoms with Crippen LogP contribution in [0.2, 0.25) is 0 Å². The van der Waals surface area contributed by atoms with Crippen LogP contribution in [0.1, 0.15) is 159 Å². The number of ether oxygens (including phenoxy) is 3. The summed E-state index contributed by atoms with van der Waals surface area (Å²) in [4.78, 5) is 22.7. The number of oxime groups is 1. The SMILES string of the molecule is C=CCOC12Oc3ccc(Oc4ccc(C)c(C)c4)cc3C3C(CCCCO)C(CCCCO)C=C(C(=NOCC)CC1N(CCC)C(=O)CCCCCCCCCCC)C32. The summed E-state index contributed by atoms with van der Waals surface area (Å²) in [5.74, 6) is 1.01. The number of allylic oxidation sites excluding steroid dienone is 1. The van der Waals surface area contributed by atoms with Crippen molar-refractivity contribution in [2.75, 3.05) is 33.0 Å². The fourth-order valence-electron chi connectivity index (χ4n) is 10.2. The molecule has 6 atom stereocenters. The van der Waals surface area contributed by atoms with Crippen LogP contribution in [0.15, 0.2) is 65.9 Å². The molecule has 3 aliphatic rings. The van der Waals surface area contributed by atoms with Gasteiger partial charge in [-0.3, -0.25) is 4.79 Å². The standard InChI is InChI=1S/C52H78N2O7/c1-7-11-12-13-14-15-16-17-18-25-49(57)54(30-8-2)48-37-46(53-59-10-4)44-35-40(23-19-21-31-55)43(24-20-22-32-56)50-45-36-42(60-41-27-26-38(5)39(6)34-41)28-29-47(45)61-52(48,51(44)50)58-33-9-3/h9,26-29,34-36,40,43,48,50-51,55-56H,3,7-8,10-25,30-33,37H2,1-2,4-6H3.